The highest BCUT2D eigenvalue weighted by atomic mass is 32.2. The molecule has 0 amide bonds. The van der Waals surface area contributed by atoms with E-state index in [1.165, 1.54) is 12.1 Å². The van der Waals surface area contributed by atoms with Gasteiger partial charge in [-0.1, -0.05) is 23.8 Å². The van der Waals surface area contributed by atoms with Crippen molar-refractivity contribution in [2.45, 2.75) is 18.2 Å². The maximum absolute atomic E-state index is 12.2. The van der Waals surface area contributed by atoms with Gasteiger partial charge in [-0.05, 0) is 31.2 Å². The summed E-state index contributed by atoms with van der Waals surface area (Å²) in [6, 6.07) is 10.2. The van der Waals surface area contributed by atoms with Crippen molar-refractivity contribution in [1.82, 2.24) is 0 Å². The van der Waals surface area contributed by atoms with Crippen LogP contribution in [0.5, 0.6) is 11.5 Å². The normalized spacial score (nSPS) is 12.0. The van der Waals surface area contributed by atoms with Gasteiger partial charge < -0.3 is 8.92 Å². The quantitative estimate of drug-likeness (QED) is 0.802. The molecule has 0 aliphatic heterocycles. The zero-order valence-corrected chi connectivity index (χ0v) is 12.1. The monoisotopic (exact) mass is 332 g/mol. The molecule has 2 rings (SSSR count). The number of rotatable bonds is 4. The maximum atomic E-state index is 12.2. The van der Waals surface area contributed by atoms with Crippen LogP contribution in [0.4, 0.5) is 13.2 Å². The second-order valence-corrected chi connectivity index (χ2v) is 5.92. The van der Waals surface area contributed by atoms with Gasteiger partial charge in [0.1, 0.15) is 16.4 Å². The standard InChI is InChI=1S/C14H11F3O4S/c1-10-5-7-11(8-6-10)21-22(18,19)13-4-2-3-12(9-13)20-14(15,16)17/h2-9H,1H3. The molecule has 0 heterocycles. The smallest absolute Gasteiger partial charge is 0.406 e. The van der Waals surface area contributed by atoms with E-state index >= 15 is 0 Å². The van der Waals surface area contributed by atoms with Crippen LogP contribution in [0, 0.1) is 6.92 Å². The lowest BCUT2D eigenvalue weighted by Gasteiger charge is -2.11. The van der Waals surface area contributed by atoms with Gasteiger partial charge >= 0.3 is 16.5 Å². The van der Waals surface area contributed by atoms with Crippen LogP contribution in [0.2, 0.25) is 0 Å². The topological polar surface area (TPSA) is 52.6 Å². The summed E-state index contributed by atoms with van der Waals surface area (Å²) >= 11 is 0. The van der Waals surface area contributed by atoms with E-state index in [-0.39, 0.29) is 5.75 Å². The minimum atomic E-state index is -4.90. The minimum absolute atomic E-state index is 0.0627. The molecule has 0 bridgehead atoms. The first-order valence-electron chi connectivity index (χ1n) is 6.03. The van der Waals surface area contributed by atoms with E-state index < -0.39 is 27.1 Å². The van der Waals surface area contributed by atoms with Crippen LogP contribution in [0.15, 0.2) is 53.4 Å². The van der Waals surface area contributed by atoms with Crippen LogP contribution in [0.3, 0.4) is 0 Å². The minimum Gasteiger partial charge on any atom is -0.406 e. The summed E-state index contributed by atoms with van der Waals surface area (Å²) in [7, 11) is -4.25. The van der Waals surface area contributed by atoms with Crippen molar-refractivity contribution in [3.8, 4) is 11.5 Å². The van der Waals surface area contributed by atoms with Gasteiger partial charge in [0.05, 0.1) is 0 Å². The third kappa shape index (κ3) is 4.39. The van der Waals surface area contributed by atoms with Crippen LogP contribution in [-0.2, 0) is 10.1 Å². The van der Waals surface area contributed by atoms with Crippen molar-refractivity contribution in [3.05, 3.63) is 54.1 Å². The number of hydrogen-bond donors (Lipinski definition) is 0. The molecule has 0 spiro atoms. The summed E-state index contributed by atoms with van der Waals surface area (Å²) < 4.78 is 69.1. The third-order valence-corrected chi connectivity index (χ3v) is 3.80. The van der Waals surface area contributed by atoms with E-state index in [0.29, 0.717) is 0 Å². The predicted molar refractivity (Wildman–Crippen MR) is 72.1 cm³/mol. The fourth-order valence-electron chi connectivity index (χ4n) is 1.60. The molecule has 0 atom stereocenters. The molecule has 0 saturated carbocycles. The molecule has 4 nitrogen and oxygen atoms in total. The summed E-state index contributed by atoms with van der Waals surface area (Å²) in [5.74, 6) is -0.575. The lowest BCUT2D eigenvalue weighted by atomic mass is 10.2. The zero-order chi connectivity index (χ0) is 16.4. The first kappa shape index (κ1) is 16.2. The van der Waals surface area contributed by atoms with Gasteiger partial charge in [0, 0.05) is 6.07 Å². The Kier molecular flexibility index (Phi) is 4.32. The Morgan fingerprint density at radius 2 is 1.59 bits per heavy atom. The lowest BCUT2D eigenvalue weighted by molar-refractivity contribution is -0.274. The molecular weight excluding hydrogens is 321 g/mol. The number of ether oxygens (including phenoxy) is 1. The molecule has 2 aromatic carbocycles. The van der Waals surface area contributed by atoms with Gasteiger partial charge in [0.15, 0.2) is 0 Å². The molecule has 8 heteroatoms. The molecule has 0 aromatic heterocycles. The number of halogens is 3. The van der Waals surface area contributed by atoms with Crippen molar-refractivity contribution >= 4 is 10.1 Å². The average Bonchev–Trinajstić information content (AvgIpc) is 2.40. The van der Waals surface area contributed by atoms with Crippen molar-refractivity contribution in [1.29, 1.82) is 0 Å². The second kappa shape index (κ2) is 5.88. The number of benzene rings is 2. The van der Waals surface area contributed by atoms with Gasteiger partial charge in [-0.2, -0.15) is 8.42 Å². The number of hydrogen-bond acceptors (Lipinski definition) is 4. The van der Waals surface area contributed by atoms with E-state index in [9.17, 15) is 21.6 Å². The van der Waals surface area contributed by atoms with Crippen LogP contribution in [0.25, 0.3) is 0 Å². The Labute approximate surface area is 125 Å². The Balaban J connectivity index is 2.25. The molecule has 0 aliphatic rings. The highest BCUT2D eigenvalue weighted by molar-refractivity contribution is 7.87. The largest absolute Gasteiger partial charge is 0.573 e. The van der Waals surface area contributed by atoms with Gasteiger partial charge in [-0.25, -0.2) is 0 Å². The summed E-state index contributed by atoms with van der Waals surface area (Å²) in [6.45, 7) is 1.82. The van der Waals surface area contributed by atoms with Crippen molar-refractivity contribution < 1.29 is 30.5 Å². The van der Waals surface area contributed by atoms with E-state index in [2.05, 4.69) is 4.74 Å². The second-order valence-electron chi connectivity index (χ2n) is 4.37. The SMILES string of the molecule is Cc1ccc(OS(=O)(=O)c2cccc(OC(F)(F)F)c2)cc1. The average molecular weight is 332 g/mol. The zero-order valence-electron chi connectivity index (χ0n) is 11.3. The first-order valence-corrected chi connectivity index (χ1v) is 7.43. The third-order valence-electron chi connectivity index (χ3n) is 2.55. The van der Waals surface area contributed by atoms with Gasteiger partial charge in [0.2, 0.25) is 0 Å². The summed E-state index contributed by atoms with van der Waals surface area (Å²) in [5, 5.41) is 0. The van der Waals surface area contributed by atoms with Crippen LogP contribution >= 0.6 is 0 Å². The van der Waals surface area contributed by atoms with Crippen LogP contribution in [0.1, 0.15) is 5.56 Å². The van der Waals surface area contributed by atoms with Crippen LogP contribution in [-0.4, -0.2) is 14.8 Å². The molecule has 0 aliphatic carbocycles. The molecule has 2 aromatic rings. The molecule has 0 unspecified atom stereocenters. The van der Waals surface area contributed by atoms with E-state index in [4.69, 9.17) is 4.18 Å². The lowest BCUT2D eigenvalue weighted by Crippen LogP contribution is -2.17. The Hall–Kier alpha value is -2.22. The van der Waals surface area contributed by atoms with Crippen molar-refractivity contribution in [3.63, 3.8) is 0 Å². The first-order chi connectivity index (χ1) is 10.2. The van der Waals surface area contributed by atoms with Crippen molar-refractivity contribution in [2.75, 3.05) is 0 Å². The fraction of sp³-hybridized carbons (Fsp3) is 0.143. The van der Waals surface area contributed by atoms with Gasteiger partial charge in [-0.15, -0.1) is 13.2 Å². The predicted octanol–water partition coefficient (Wildman–Crippen LogP) is 3.66. The van der Waals surface area contributed by atoms with Crippen LogP contribution < -0.4 is 8.92 Å². The fourth-order valence-corrected chi connectivity index (χ4v) is 2.56. The highest BCUT2D eigenvalue weighted by Gasteiger charge is 2.31. The highest BCUT2D eigenvalue weighted by Crippen LogP contribution is 2.26. The molecule has 0 fully saturated rings. The Morgan fingerprint density at radius 1 is 0.955 bits per heavy atom. The van der Waals surface area contributed by atoms with E-state index in [1.54, 1.807) is 12.1 Å². The summed E-state index contributed by atoms with van der Waals surface area (Å²) in [6.07, 6.45) is -4.90. The molecule has 0 radical (unpaired) electrons. The molecule has 0 saturated heterocycles. The van der Waals surface area contributed by atoms with Gasteiger partial charge in [-0.3, -0.25) is 0 Å². The van der Waals surface area contributed by atoms with E-state index in [1.807, 2.05) is 6.92 Å². The van der Waals surface area contributed by atoms with E-state index in [0.717, 1.165) is 29.8 Å². The van der Waals surface area contributed by atoms with Gasteiger partial charge in [0.25, 0.3) is 0 Å². The Bertz CT molecular complexity index is 752. The molecular formula is C14H11F3O4S. The van der Waals surface area contributed by atoms with Crippen molar-refractivity contribution in [2.24, 2.45) is 0 Å². The number of alkyl halides is 3. The molecule has 0 N–H and O–H groups in total. The summed E-state index contributed by atoms with van der Waals surface area (Å²) in [4.78, 5) is -0.435. The summed E-state index contributed by atoms with van der Waals surface area (Å²) in [5.41, 5.74) is 0.908. The Morgan fingerprint density at radius 3 is 2.18 bits per heavy atom. The molecule has 22 heavy (non-hydrogen) atoms. The maximum Gasteiger partial charge on any atom is 0.573 e. The number of aryl methyl sites for hydroxylation is 1. The molecule has 118 valence electrons.